The molecule has 1 amide bonds. The minimum atomic E-state index is -4.56. The molecule has 0 aliphatic carbocycles. The number of halogens is 3. The molecule has 0 atom stereocenters. The Hall–Kier alpha value is -3.17. The Morgan fingerprint density at radius 1 is 1.22 bits per heavy atom. The summed E-state index contributed by atoms with van der Waals surface area (Å²) in [6.07, 6.45) is -4.56. The van der Waals surface area contributed by atoms with Gasteiger partial charge in [-0.1, -0.05) is 6.07 Å². The smallest absolute Gasteiger partial charge is 0.416 e. The summed E-state index contributed by atoms with van der Waals surface area (Å²) in [5.74, 6) is -1.65. The highest BCUT2D eigenvalue weighted by atomic mass is 19.4. The molecule has 1 heterocycles. The summed E-state index contributed by atoms with van der Waals surface area (Å²) in [4.78, 5) is 36.7. The van der Waals surface area contributed by atoms with Gasteiger partial charge in [0.05, 0.1) is 11.3 Å². The van der Waals surface area contributed by atoms with E-state index in [0.29, 0.717) is 0 Å². The van der Waals surface area contributed by atoms with Gasteiger partial charge in [0.25, 0.3) is 5.91 Å². The number of carbonyl (C=O) groups excluding carboxylic acids is 2. The highest BCUT2D eigenvalue weighted by Gasteiger charge is 2.30. The molecule has 1 aromatic heterocycles. The minimum Gasteiger partial charge on any atom is -0.451 e. The van der Waals surface area contributed by atoms with Gasteiger partial charge in [-0.05, 0) is 25.1 Å². The highest BCUT2D eigenvalue weighted by Crippen LogP contribution is 2.30. The second-order valence-electron chi connectivity index (χ2n) is 5.82. The number of ether oxygens (including phenoxy) is 1. The van der Waals surface area contributed by atoms with Gasteiger partial charge in [-0.3, -0.25) is 9.59 Å². The van der Waals surface area contributed by atoms with Crippen LogP contribution in [0.15, 0.2) is 35.1 Å². The molecule has 0 bridgehead atoms. The second-order valence-corrected chi connectivity index (χ2v) is 5.82. The zero-order valence-corrected chi connectivity index (χ0v) is 14.7. The van der Waals surface area contributed by atoms with E-state index in [9.17, 15) is 27.6 Å². The van der Waals surface area contributed by atoms with Crippen molar-refractivity contribution in [3.05, 3.63) is 57.5 Å². The fourth-order valence-electron chi connectivity index (χ4n) is 2.09. The number of likely N-dealkylation sites (N-methyl/N-ethyl adjacent to an activating group) is 1. The largest absolute Gasteiger partial charge is 0.451 e. The lowest BCUT2D eigenvalue weighted by Crippen LogP contribution is -2.30. The molecule has 0 radical (unpaired) electrons. The maximum Gasteiger partial charge on any atom is 0.416 e. The molecule has 0 N–H and O–H groups in total. The van der Waals surface area contributed by atoms with Crippen LogP contribution < -0.4 is 5.43 Å². The van der Waals surface area contributed by atoms with Gasteiger partial charge < -0.3 is 9.64 Å². The third-order valence-electron chi connectivity index (χ3n) is 3.54. The Labute approximate surface area is 152 Å². The van der Waals surface area contributed by atoms with E-state index in [1.807, 2.05) is 0 Å². The summed E-state index contributed by atoms with van der Waals surface area (Å²) in [5, 5.41) is 3.83. The van der Waals surface area contributed by atoms with Crippen LogP contribution in [-0.2, 0) is 15.7 Å². The first-order valence-electron chi connectivity index (χ1n) is 7.66. The molecule has 144 valence electrons. The summed E-state index contributed by atoms with van der Waals surface area (Å²) in [6.45, 7) is 0.865. The second kappa shape index (κ2) is 7.60. The summed E-state index contributed by atoms with van der Waals surface area (Å²) in [5.41, 5.74) is -2.07. The summed E-state index contributed by atoms with van der Waals surface area (Å²) < 4.78 is 44.5. The first kappa shape index (κ1) is 20.1. The van der Waals surface area contributed by atoms with Crippen molar-refractivity contribution in [1.82, 2.24) is 14.7 Å². The Morgan fingerprint density at radius 2 is 1.89 bits per heavy atom. The molecular weight excluding hydrogens is 367 g/mol. The van der Waals surface area contributed by atoms with E-state index in [1.54, 1.807) is 0 Å². The molecule has 0 aliphatic rings. The van der Waals surface area contributed by atoms with Crippen molar-refractivity contribution in [2.45, 2.75) is 13.1 Å². The summed E-state index contributed by atoms with van der Waals surface area (Å²) in [6, 6.07) is 5.33. The number of hydrogen-bond donors (Lipinski definition) is 0. The first-order valence-corrected chi connectivity index (χ1v) is 7.66. The van der Waals surface area contributed by atoms with Crippen molar-refractivity contribution in [3.8, 4) is 5.69 Å². The number of aryl methyl sites for hydroxylation is 1. The van der Waals surface area contributed by atoms with E-state index >= 15 is 0 Å². The molecular formula is C17H16F3N3O4. The quantitative estimate of drug-likeness (QED) is 0.752. The van der Waals surface area contributed by atoms with Crippen molar-refractivity contribution >= 4 is 11.9 Å². The van der Waals surface area contributed by atoms with Crippen molar-refractivity contribution in [2.24, 2.45) is 0 Å². The van der Waals surface area contributed by atoms with Crippen LogP contribution >= 0.6 is 0 Å². The van der Waals surface area contributed by atoms with E-state index in [-0.39, 0.29) is 11.4 Å². The number of carbonyl (C=O) groups is 2. The number of hydrogen-bond acceptors (Lipinski definition) is 5. The molecule has 1 aromatic carbocycles. The van der Waals surface area contributed by atoms with E-state index in [1.165, 1.54) is 38.1 Å². The Morgan fingerprint density at radius 3 is 2.48 bits per heavy atom. The molecule has 0 spiro atoms. The van der Waals surface area contributed by atoms with Crippen LogP contribution in [0.2, 0.25) is 0 Å². The van der Waals surface area contributed by atoms with Crippen LogP contribution in [0, 0.1) is 6.92 Å². The number of rotatable bonds is 4. The lowest BCUT2D eigenvalue weighted by molar-refractivity contribution is -0.137. The van der Waals surface area contributed by atoms with E-state index in [0.717, 1.165) is 22.9 Å². The lowest BCUT2D eigenvalue weighted by atomic mass is 10.2. The number of esters is 1. The predicted molar refractivity (Wildman–Crippen MR) is 88.5 cm³/mol. The van der Waals surface area contributed by atoms with E-state index < -0.39 is 41.3 Å². The molecule has 0 saturated carbocycles. The van der Waals surface area contributed by atoms with Crippen molar-refractivity contribution in [2.75, 3.05) is 20.7 Å². The van der Waals surface area contributed by atoms with Crippen molar-refractivity contribution < 1.29 is 27.5 Å². The van der Waals surface area contributed by atoms with Crippen molar-refractivity contribution in [3.63, 3.8) is 0 Å². The lowest BCUT2D eigenvalue weighted by Gasteiger charge is -2.14. The van der Waals surface area contributed by atoms with Gasteiger partial charge in [-0.15, -0.1) is 0 Å². The molecule has 2 aromatic rings. The average Bonchev–Trinajstić information content (AvgIpc) is 2.58. The maximum absolute atomic E-state index is 12.9. The van der Waals surface area contributed by atoms with Gasteiger partial charge in [-0.2, -0.15) is 18.3 Å². The molecule has 27 heavy (non-hydrogen) atoms. The number of nitrogens with zero attached hydrogens (tertiary/aromatic N) is 3. The van der Waals surface area contributed by atoms with E-state index in [2.05, 4.69) is 5.10 Å². The number of amides is 1. The molecule has 7 nitrogen and oxygen atoms in total. The predicted octanol–water partition coefficient (Wildman–Crippen LogP) is 1.80. The van der Waals surface area contributed by atoms with Gasteiger partial charge >= 0.3 is 12.1 Å². The zero-order valence-electron chi connectivity index (χ0n) is 14.7. The van der Waals surface area contributed by atoms with Crippen LogP contribution in [-0.4, -0.2) is 47.3 Å². The van der Waals surface area contributed by atoms with E-state index in [4.69, 9.17) is 4.74 Å². The normalized spacial score (nSPS) is 11.2. The fraction of sp³-hybridized carbons (Fsp3) is 0.294. The number of aromatic nitrogens is 2. The Bertz CT molecular complexity index is 936. The molecule has 0 fully saturated rings. The zero-order chi connectivity index (χ0) is 20.4. The summed E-state index contributed by atoms with van der Waals surface area (Å²) in [7, 11) is 2.92. The SMILES string of the molecule is Cc1cc(=O)c(C(=O)OCC(=O)N(C)C)nn1-c1cccc(C(F)(F)F)c1. The van der Waals surface area contributed by atoms with Crippen LogP contribution in [0.3, 0.4) is 0 Å². The number of alkyl halides is 3. The monoisotopic (exact) mass is 383 g/mol. The minimum absolute atomic E-state index is 0.0146. The molecule has 2 rings (SSSR count). The average molecular weight is 383 g/mol. The maximum atomic E-state index is 12.9. The van der Waals surface area contributed by atoms with Gasteiger partial charge in [0.1, 0.15) is 0 Å². The first-order chi connectivity index (χ1) is 12.5. The Kier molecular flexibility index (Phi) is 5.67. The van der Waals surface area contributed by atoms with Gasteiger partial charge in [0.15, 0.2) is 6.61 Å². The highest BCUT2D eigenvalue weighted by molar-refractivity contribution is 5.89. The van der Waals surface area contributed by atoms with Crippen molar-refractivity contribution in [1.29, 1.82) is 0 Å². The topological polar surface area (TPSA) is 81.5 Å². The van der Waals surface area contributed by atoms with Gasteiger partial charge in [0, 0.05) is 25.9 Å². The molecule has 0 unspecified atom stereocenters. The van der Waals surface area contributed by atoms with Crippen LogP contribution in [0.4, 0.5) is 13.2 Å². The van der Waals surface area contributed by atoms with Gasteiger partial charge in [0.2, 0.25) is 11.1 Å². The standard InChI is InChI=1S/C17H16F3N3O4/c1-10-7-13(24)15(16(26)27-9-14(25)22(2)3)21-23(10)12-6-4-5-11(8-12)17(18,19)20/h4-8H,9H2,1-3H3. The third-order valence-corrected chi connectivity index (χ3v) is 3.54. The molecule has 10 heteroatoms. The Balaban J connectivity index is 2.41. The van der Waals surface area contributed by atoms with Crippen LogP contribution in [0.25, 0.3) is 5.69 Å². The van der Waals surface area contributed by atoms with Crippen LogP contribution in [0.5, 0.6) is 0 Å². The summed E-state index contributed by atoms with van der Waals surface area (Å²) >= 11 is 0. The number of benzene rings is 1. The molecule has 0 aliphatic heterocycles. The third kappa shape index (κ3) is 4.72. The van der Waals surface area contributed by atoms with Crippen LogP contribution in [0.1, 0.15) is 21.7 Å². The van der Waals surface area contributed by atoms with Gasteiger partial charge in [-0.25, -0.2) is 9.48 Å². The molecule has 0 saturated heterocycles. The fourth-order valence-corrected chi connectivity index (χ4v) is 2.09.